The summed E-state index contributed by atoms with van der Waals surface area (Å²) < 4.78 is 13.5. The highest BCUT2D eigenvalue weighted by atomic mass is 32.1. The van der Waals surface area contributed by atoms with Crippen molar-refractivity contribution in [1.82, 2.24) is 0 Å². The third kappa shape index (κ3) is 3.14. The van der Waals surface area contributed by atoms with E-state index in [1.807, 2.05) is 24.4 Å². The van der Waals surface area contributed by atoms with Crippen LogP contribution in [0.25, 0.3) is 0 Å². The monoisotopic (exact) mass is 250 g/mol. The van der Waals surface area contributed by atoms with Crippen LogP contribution in [-0.2, 0) is 6.42 Å². The molecule has 2 rings (SSSR count). The minimum atomic E-state index is -0.725. The molecule has 1 aromatic heterocycles. The molecule has 2 aromatic rings. The van der Waals surface area contributed by atoms with E-state index >= 15 is 0 Å². The number of hydrogen-bond donors (Lipinski definition) is 1. The quantitative estimate of drug-likeness (QED) is 0.873. The number of aliphatic hydroxyl groups is 1. The number of rotatable bonds is 4. The van der Waals surface area contributed by atoms with Gasteiger partial charge in [-0.15, -0.1) is 11.3 Å². The summed E-state index contributed by atoms with van der Waals surface area (Å²) in [5.41, 5.74) is 1.37. The van der Waals surface area contributed by atoms with Gasteiger partial charge in [0, 0.05) is 10.4 Å². The summed E-state index contributed by atoms with van der Waals surface area (Å²) in [5, 5.41) is 12.0. The molecule has 0 bridgehead atoms. The Morgan fingerprint density at radius 1 is 1.35 bits per heavy atom. The highest BCUT2D eigenvalue weighted by molar-refractivity contribution is 7.09. The first-order valence-corrected chi connectivity index (χ1v) is 6.51. The van der Waals surface area contributed by atoms with Crippen molar-refractivity contribution in [3.8, 4) is 0 Å². The van der Waals surface area contributed by atoms with E-state index in [2.05, 4.69) is 0 Å². The summed E-state index contributed by atoms with van der Waals surface area (Å²) in [7, 11) is 0. The highest BCUT2D eigenvalue weighted by Crippen LogP contribution is 2.24. The van der Waals surface area contributed by atoms with Gasteiger partial charge >= 0.3 is 0 Å². The third-order valence-corrected chi connectivity index (χ3v) is 3.69. The lowest BCUT2D eigenvalue weighted by Gasteiger charge is -2.12. The standard InChI is InChI=1S/C14H15FOS/c1-10-4-6-13(15)12(9-10)14(16)7-5-11-3-2-8-17-11/h2-4,6,8-9,14,16H,5,7H2,1H3. The fourth-order valence-corrected chi connectivity index (χ4v) is 2.53. The molecule has 0 amide bonds. The van der Waals surface area contributed by atoms with Crippen molar-refractivity contribution in [3.05, 3.63) is 57.5 Å². The fourth-order valence-electron chi connectivity index (χ4n) is 1.81. The molecule has 17 heavy (non-hydrogen) atoms. The first-order chi connectivity index (χ1) is 8.16. The number of benzene rings is 1. The molecule has 0 saturated heterocycles. The topological polar surface area (TPSA) is 20.2 Å². The maximum atomic E-state index is 13.5. The molecule has 1 heterocycles. The Bertz CT molecular complexity index is 479. The molecule has 0 radical (unpaired) electrons. The van der Waals surface area contributed by atoms with Crippen LogP contribution < -0.4 is 0 Å². The van der Waals surface area contributed by atoms with E-state index < -0.39 is 6.10 Å². The molecule has 0 saturated carbocycles. The molecular formula is C14H15FOS. The number of thiophene rings is 1. The average Bonchev–Trinajstić information content (AvgIpc) is 2.82. The predicted molar refractivity (Wildman–Crippen MR) is 68.7 cm³/mol. The molecule has 0 fully saturated rings. The zero-order chi connectivity index (χ0) is 12.3. The minimum Gasteiger partial charge on any atom is -0.388 e. The van der Waals surface area contributed by atoms with Gasteiger partial charge in [-0.05, 0) is 37.3 Å². The number of halogens is 1. The van der Waals surface area contributed by atoms with Gasteiger partial charge in [-0.3, -0.25) is 0 Å². The maximum absolute atomic E-state index is 13.5. The summed E-state index contributed by atoms with van der Waals surface area (Å²) in [5.74, 6) is -0.325. The van der Waals surface area contributed by atoms with Gasteiger partial charge in [-0.2, -0.15) is 0 Å². The summed E-state index contributed by atoms with van der Waals surface area (Å²) >= 11 is 1.66. The predicted octanol–water partition coefficient (Wildman–Crippen LogP) is 3.86. The first-order valence-electron chi connectivity index (χ1n) is 5.63. The van der Waals surface area contributed by atoms with Crippen molar-refractivity contribution in [2.75, 3.05) is 0 Å². The van der Waals surface area contributed by atoms with Crippen molar-refractivity contribution < 1.29 is 9.50 Å². The van der Waals surface area contributed by atoms with E-state index in [9.17, 15) is 9.50 Å². The van der Waals surface area contributed by atoms with E-state index in [0.29, 0.717) is 12.0 Å². The van der Waals surface area contributed by atoms with E-state index in [-0.39, 0.29) is 5.82 Å². The molecule has 1 atom stereocenters. The molecule has 0 aliphatic carbocycles. The van der Waals surface area contributed by atoms with Crippen LogP contribution in [0.1, 0.15) is 28.5 Å². The molecule has 1 aromatic carbocycles. The van der Waals surface area contributed by atoms with Gasteiger partial charge in [0.2, 0.25) is 0 Å². The molecular weight excluding hydrogens is 235 g/mol. The van der Waals surface area contributed by atoms with Crippen molar-refractivity contribution in [2.45, 2.75) is 25.9 Å². The second-order valence-corrected chi connectivity index (χ2v) is 5.19. The molecule has 1 nitrogen and oxygen atoms in total. The molecule has 1 N–H and O–H groups in total. The van der Waals surface area contributed by atoms with Gasteiger partial charge in [0.15, 0.2) is 0 Å². The molecule has 0 aliphatic heterocycles. The zero-order valence-corrected chi connectivity index (χ0v) is 10.5. The molecule has 90 valence electrons. The van der Waals surface area contributed by atoms with Crippen LogP contribution in [0.3, 0.4) is 0 Å². The normalized spacial score (nSPS) is 12.6. The van der Waals surface area contributed by atoms with Crippen molar-refractivity contribution >= 4 is 11.3 Å². The fraction of sp³-hybridized carbons (Fsp3) is 0.286. The van der Waals surface area contributed by atoms with Gasteiger partial charge in [-0.25, -0.2) is 4.39 Å². The molecule has 3 heteroatoms. The number of hydrogen-bond acceptors (Lipinski definition) is 2. The average molecular weight is 250 g/mol. The van der Waals surface area contributed by atoms with Crippen LogP contribution in [0, 0.1) is 12.7 Å². The van der Waals surface area contributed by atoms with Gasteiger partial charge in [0.05, 0.1) is 6.10 Å². The Morgan fingerprint density at radius 3 is 2.88 bits per heavy atom. The molecule has 0 aliphatic rings. The van der Waals surface area contributed by atoms with E-state index in [0.717, 1.165) is 12.0 Å². The Hall–Kier alpha value is -1.19. The van der Waals surface area contributed by atoms with Crippen molar-refractivity contribution in [1.29, 1.82) is 0 Å². The lowest BCUT2D eigenvalue weighted by Crippen LogP contribution is -2.02. The lowest BCUT2D eigenvalue weighted by molar-refractivity contribution is 0.163. The first kappa shape index (κ1) is 12.3. The second-order valence-electron chi connectivity index (χ2n) is 4.16. The highest BCUT2D eigenvalue weighted by Gasteiger charge is 2.13. The van der Waals surface area contributed by atoms with Crippen LogP contribution in [0.4, 0.5) is 4.39 Å². The maximum Gasteiger partial charge on any atom is 0.129 e. The minimum absolute atomic E-state index is 0.325. The SMILES string of the molecule is Cc1ccc(F)c(C(O)CCc2cccs2)c1. The van der Waals surface area contributed by atoms with E-state index in [1.165, 1.54) is 10.9 Å². The lowest BCUT2D eigenvalue weighted by atomic mass is 10.0. The largest absolute Gasteiger partial charge is 0.388 e. The summed E-state index contributed by atoms with van der Waals surface area (Å²) in [4.78, 5) is 1.22. The Morgan fingerprint density at radius 2 is 2.18 bits per heavy atom. The number of aryl methyl sites for hydroxylation is 2. The molecule has 1 unspecified atom stereocenters. The van der Waals surface area contributed by atoms with Crippen LogP contribution in [0.15, 0.2) is 35.7 Å². The summed E-state index contributed by atoms with van der Waals surface area (Å²) in [6.45, 7) is 1.90. The van der Waals surface area contributed by atoms with Crippen molar-refractivity contribution in [2.24, 2.45) is 0 Å². The van der Waals surface area contributed by atoms with Gasteiger partial charge < -0.3 is 5.11 Å². The van der Waals surface area contributed by atoms with Gasteiger partial charge in [0.1, 0.15) is 5.82 Å². The zero-order valence-electron chi connectivity index (χ0n) is 9.69. The summed E-state index contributed by atoms with van der Waals surface area (Å²) in [6.07, 6.45) is 0.615. The van der Waals surface area contributed by atoms with Crippen molar-refractivity contribution in [3.63, 3.8) is 0 Å². The van der Waals surface area contributed by atoms with Crippen LogP contribution in [0.5, 0.6) is 0 Å². The molecule has 0 spiro atoms. The van der Waals surface area contributed by atoms with E-state index in [1.54, 1.807) is 23.5 Å². The van der Waals surface area contributed by atoms with E-state index in [4.69, 9.17) is 0 Å². The Balaban J connectivity index is 2.04. The second kappa shape index (κ2) is 5.43. The smallest absolute Gasteiger partial charge is 0.129 e. The van der Waals surface area contributed by atoms with Crippen LogP contribution >= 0.6 is 11.3 Å². The van der Waals surface area contributed by atoms with Crippen LogP contribution in [-0.4, -0.2) is 5.11 Å². The Kier molecular flexibility index (Phi) is 3.92. The summed E-state index contributed by atoms with van der Waals surface area (Å²) in [6, 6.07) is 8.86. The third-order valence-electron chi connectivity index (χ3n) is 2.75. The number of aliphatic hydroxyl groups excluding tert-OH is 1. The Labute approximate surface area is 105 Å². The van der Waals surface area contributed by atoms with Gasteiger partial charge in [0.25, 0.3) is 0 Å². The van der Waals surface area contributed by atoms with Gasteiger partial charge in [-0.1, -0.05) is 23.8 Å². The van der Waals surface area contributed by atoms with Crippen LogP contribution in [0.2, 0.25) is 0 Å².